The number of amides is 2. The van der Waals surface area contributed by atoms with Gasteiger partial charge in [-0.2, -0.15) is 0 Å². The van der Waals surface area contributed by atoms with Crippen LogP contribution in [0, 0.1) is 11.3 Å². The molecule has 3 aromatic carbocycles. The van der Waals surface area contributed by atoms with Crippen molar-refractivity contribution >= 4 is 22.6 Å². The summed E-state index contributed by atoms with van der Waals surface area (Å²) in [6.07, 6.45) is 2.39. The van der Waals surface area contributed by atoms with Crippen molar-refractivity contribution in [2.45, 2.75) is 19.3 Å². The summed E-state index contributed by atoms with van der Waals surface area (Å²) in [5.41, 5.74) is 2.96. The van der Waals surface area contributed by atoms with Gasteiger partial charge in [0.1, 0.15) is 0 Å². The van der Waals surface area contributed by atoms with Crippen molar-refractivity contribution in [1.29, 1.82) is 0 Å². The van der Waals surface area contributed by atoms with Crippen molar-refractivity contribution in [3.8, 4) is 28.4 Å². The third-order valence-corrected chi connectivity index (χ3v) is 7.71. The van der Waals surface area contributed by atoms with Gasteiger partial charge < -0.3 is 24.4 Å². The summed E-state index contributed by atoms with van der Waals surface area (Å²) in [5.74, 6) is 1.82. The Morgan fingerprint density at radius 3 is 2.19 bits per heavy atom. The molecular weight excluding hydrogens is 456 g/mol. The van der Waals surface area contributed by atoms with Crippen molar-refractivity contribution < 1.29 is 23.8 Å². The number of hydrogen-bond donors (Lipinski definition) is 1. The van der Waals surface area contributed by atoms with Crippen LogP contribution in [0.1, 0.15) is 18.4 Å². The van der Waals surface area contributed by atoms with Gasteiger partial charge >= 0.3 is 0 Å². The first kappa shape index (κ1) is 24.0. The lowest BCUT2D eigenvalue weighted by atomic mass is 9.92. The van der Waals surface area contributed by atoms with E-state index in [9.17, 15) is 9.59 Å². The standard InChI is InChI=1S/C29H32N2O5/c1-30-28(33)23-16-31(17-29(23)9-10-29)26(32)12-18-5-6-20-13-21(8-7-19(20)11-18)22-14-24(34-2)27(36-4)25(15-22)35-3/h5-8,11,13-15,23H,9-10,12,16-17H2,1-4H3,(H,30,33). The number of carbonyl (C=O) groups is 2. The molecule has 5 rings (SSSR count). The van der Waals surface area contributed by atoms with E-state index in [1.807, 2.05) is 23.1 Å². The SMILES string of the molecule is CNC(=O)C1CN(C(=O)Cc2ccc3cc(-c4cc(OC)c(OC)c(OC)c4)ccc3c2)CC12CC2. The Kier molecular flexibility index (Phi) is 6.24. The molecule has 1 aliphatic carbocycles. The van der Waals surface area contributed by atoms with Crippen LogP contribution in [0.25, 0.3) is 21.9 Å². The number of carbonyl (C=O) groups excluding carboxylic acids is 2. The second-order valence-corrected chi connectivity index (χ2v) is 9.79. The summed E-state index contributed by atoms with van der Waals surface area (Å²) in [5, 5.41) is 4.92. The van der Waals surface area contributed by atoms with Crippen LogP contribution in [-0.2, 0) is 16.0 Å². The third-order valence-electron chi connectivity index (χ3n) is 7.71. The minimum atomic E-state index is -0.0864. The highest BCUT2D eigenvalue weighted by Crippen LogP contribution is 2.56. The van der Waals surface area contributed by atoms with Crippen LogP contribution < -0.4 is 19.5 Å². The maximum absolute atomic E-state index is 13.1. The summed E-state index contributed by atoms with van der Waals surface area (Å²) < 4.78 is 16.4. The zero-order valence-corrected chi connectivity index (χ0v) is 21.2. The molecule has 1 aliphatic heterocycles. The molecule has 1 saturated heterocycles. The summed E-state index contributed by atoms with van der Waals surface area (Å²) in [7, 11) is 6.47. The van der Waals surface area contributed by atoms with Crippen LogP contribution in [0.2, 0.25) is 0 Å². The fourth-order valence-corrected chi connectivity index (χ4v) is 5.48. The van der Waals surface area contributed by atoms with E-state index >= 15 is 0 Å². The molecule has 7 nitrogen and oxygen atoms in total. The average molecular weight is 489 g/mol. The zero-order valence-electron chi connectivity index (χ0n) is 21.2. The molecule has 1 N–H and O–H groups in total. The van der Waals surface area contributed by atoms with E-state index in [1.54, 1.807) is 28.4 Å². The quantitative estimate of drug-likeness (QED) is 0.543. The second kappa shape index (κ2) is 9.37. The van der Waals surface area contributed by atoms with Crippen LogP contribution in [0.4, 0.5) is 0 Å². The Hall–Kier alpha value is -3.74. The predicted octanol–water partition coefficient (Wildman–Crippen LogP) is 4.06. The number of hydrogen-bond acceptors (Lipinski definition) is 5. The molecule has 0 bridgehead atoms. The van der Waals surface area contributed by atoms with E-state index in [4.69, 9.17) is 14.2 Å². The number of benzene rings is 3. The largest absolute Gasteiger partial charge is 0.493 e. The Morgan fingerprint density at radius 1 is 0.917 bits per heavy atom. The number of likely N-dealkylation sites (tertiary alicyclic amines) is 1. The van der Waals surface area contributed by atoms with E-state index in [2.05, 4.69) is 35.6 Å². The van der Waals surface area contributed by atoms with Gasteiger partial charge in [0.15, 0.2) is 11.5 Å². The van der Waals surface area contributed by atoms with Gasteiger partial charge in [-0.15, -0.1) is 0 Å². The zero-order chi connectivity index (χ0) is 25.4. The number of fused-ring (bicyclic) bond motifs is 1. The Balaban J connectivity index is 1.35. The molecule has 7 heteroatoms. The average Bonchev–Trinajstić information content (AvgIpc) is 3.58. The summed E-state index contributed by atoms with van der Waals surface area (Å²) >= 11 is 0. The van der Waals surface area contributed by atoms with Gasteiger partial charge in [0.2, 0.25) is 17.6 Å². The number of nitrogens with one attached hydrogen (secondary N) is 1. The highest BCUT2D eigenvalue weighted by Gasteiger charge is 2.58. The van der Waals surface area contributed by atoms with E-state index in [0.29, 0.717) is 36.8 Å². The molecule has 0 aromatic heterocycles. The topological polar surface area (TPSA) is 77.1 Å². The third kappa shape index (κ3) is 4.23. The first-order chi connectivity index (χ1) is 17.4. The van der Waals surface area contributed by atoms with Crippen LogP contribution in [0.5, 0.6) is 17.2 Å². The first-order valence-corrected chi connectivity index (χ1v) is 12.2. The van der Waals surface area contributed by atoms with E-state index in [-0.39, 0.29) is 23.1 Å². The molecule has 36 heavy (non-hydrogen) atoms. The fraction of sp³-hybridized carbons (Fsp3) is 0.379. The van der Waals surface area contributed by atoms with E-state index in [1.165, 1.54) is 0 Å². The minimum Gasteiger partial charge on any atom is -0.493 e. The molecule has 1 atom stereocenters. The molecule has 1 saturated carbocycles. The normalized spacial score (nSPS) is 17.8. The van der Waals surface area contributed by atoms with Gasteiger partial charge in [-0.3, -0.25) is 9.59 Å². The lowest BCUT2D eigenvalue weighted by Gasteiger charge is -2.17. The van der Waals surface area contributed by atoms with Gasteiger partial charge in [0.25, 0.3) is 0 Å². The maximum Gasteiger partial charge on any atom is 0.227 e. The molecule has 2 fully saturated rings. The molecule has 188 valence electrons. The molecular formula is C29H32N2O5. The first-order valence-electron chi connectivity index (χ1n) is 12.2. The lowest BCUT2D eigenvalue weighted by molar-refractivity contribution is -0.130. The van der Waals surface area contributed by atoms with Gasteiger partial charge in [-0.1, -0.05) is 30.3 Å². The van der Waals surface area contributed by atoms with Crippen molar-refractivity contribution in [3.63, 3.8) is 0 Å². The highest BCUT2D eigenvalue weighted by atomic mass is 16.5. The van der Waals surface area contributed by atoms with Crippen LogP contribution >= 0.6 is 0 Å². The van der Waals surface area contributed by atoms with Gasteiger partial charge in [0, 0.05) is 25.6 Å². The van der Waals surface area contributed by atoms with Crippen LogP contribution in [0.3, 0.4) is 0 Å². The lowest BCUT2D eigenvalue weighted by Crippen LogP contribution is -2.34. The minimum absolute atomic E-state index is 0.00234. The Morgan fingerprint density at radius 2 is 1.58 bits per heavy atom. The molecule has 1 heterocycles. The van der Waals surface area contributed by atoms with Crippen LogP contribution in [-0.4, -0.2) is 58.2 Å². The van der Waals surface area contributed by atoms with Crippen molar-refractivity contribution in [2.75, 3.05) is 41.5 Å². The number of ether oxygens (including phenoxy) is 3. The molecule has 1 spiro atoms. The molecule has 0 radical (unpaired) electrons. The molecule has 2 aliphatic rings. The second-order valence-electron chi connectivity index (χ2n) is 9.79. The maximum atomic E-state index is 13.1. The Bertz CT molecular complexity index is 1310. The predicted molar refractivity (Wildman–Crippen MR) is 139 cm³/mol. The highest BCUT2D eigenvalue weighted by molar-refractivity contribution is 5.90. The number of nitrogens with zero attached hydrogens (tertiary/aromatic N) is 1. The Labute approximate surface area is 211 Å². The number of methoxy groups -OCH3 is 3. The fourth-order valence-electron chi connectivity index (χ4n) is 5.48. The smallest absolute Gasteiger partial charge is 0.227 e. The van der Waals surface area contributed by atoms with Crippen LogP contribution in [0.15, 0.2) is 48.5 Å². The monoisotopic (exact) mass is 488 g/mol. The number of rotatable bonds is 7. The molecule has 3 aromatic rings. The van der Waals surface area contributed by atoms with Crippen molar-refractivity contribution in [2.24, 2.45) is 11.3 Å². The van der Waals surface area contributed by atoms with E-state index in [0.717, 1.165) is 40.3 Å². The van der Waals surface area contributed by atoms with Crippen molar-refractivity contribution in [1.82, 2.24) is 10.2 Å². The summed E-state index contributed by atoms with van der Waals surface area (Å²) in [4.78, 5) is 27.3. The summed E-state index contributed by atoms with van der Waals surface area (Å²) in [6, 6.07) is 16.3. The summed E-state index contributed by atoms with van der Waals surface area (Å²) in [6.45, 7) is 1.21. The van der Waals surface area contributed by atoms with E-state index < -0.39 is 0 Å². The van der Waals surface area contributed by atoms with Gasteiger partial charge in [0.05, 0.1) is 33.7 Å². The van der Waals surface area contributed by atoms with Crippen molar-refractivity contribution in [3.05, 3.63) is 54.1 Å². The van der Waals surface area contributed by atoms with Gasteiger partial charge in [-0.05, 0) is 58.5 Å². The molecule has 1 unspecified atom stereocenters. The van der Waals surface area contributed by atoms with Gasteiger partial charge in [-0.25, -0.2) is 0 Å². The molecule has 2 amide bonds.